The first kappa shape index (κ1) is 17.2. The van der Waals surface area contributed by atoms with Crippen LogP contribution in [0, 0.1) is 11.8 Å². The number of fused-ring (bicyclic) bond motifs is 1. The van der Waals surface area contributed by atoms with Gasteiger partial charge in [0, 0.05) is 6.54 Å². The number of rotatable bonds is 6. The van der Waals surface area contributed by atoms with Gasteiger partial charge in [0.05, 0.1) is 11.8 Å². The van der Waals surface area contributed by atoms with Gasteiger partial charge in [-0.3, -0.25) is 19.3 Å². The zero-order valence-corrected chi connectivity index (χ0v) is 13.4. The standard InChI is InChI=1S/C16H22N2O5/c1-3-8-17-13(19)9-23-16(22)10(2)18-14(20)11-6-4-5-7-12(11)15(18)21/h4-5,10-12H,3,6-9H2,1-2H3,(H,17,19)/t10-,11-,12+/m0/s1. The first-order chi connectivity index (χ1) is 11.0. The van der Waals surface area contributed by atoms with Crippen molar-refractivity contribution < 1.29 is 23.9 Å². The molecule has 2 aliphatic rings. The van der Waals surface area contributed by atoms with E-state index in [0.717, 1.165) is 11.3 Å². The van der Waals surface area contributed by atoms with Crippen molar-refractivity contribution in [1.82, 2.24) is 10.2 Å². The van der Waals surface area contributed by atoms with Gasteiger partial charge in [-0.1, -0.05) is 19.1 Å². The van der Waals surface area contributed by atoms with Gasteiger partial charge in [-0.25, -0.2) is 4.79 Å². The summed E-state index contributed by atoms with van der Waals surface area (Å²) in [7, 11) is 0. The van der Waals surface area contributed by atoms with E-state index in [9.17, 15) is 19.2 Å². The molecule has 1 aliphatic carbocycles. The minimum absolute atomic E-state index is 0.329. The Hall–Kier alpha value is -2.18. The normalized spacial score (nSPS) is 24.3. The van der Waals surface area contributed by atoms with Gasteiger partial charge in [-0.2, -0.15) is 0 Å². The Balaban J connectivity index is 1.93. The predicted molar refractivity (Wildman–Crippen MR) is 80.9 cm³/mol. The van der Waals surface area contributed by atoms with Crippen molar-refractivity contribution in [2.24, 2.45) is 11.8 Å². The molecule has 1 N–H and O–H groups in total. The summed E-state index contributed by atoms with van der Waals surface area (Å²) in [6, 6.07) is -1.01. The van der Waals surface area contributed by atoms with Crippen LogP contribution >= 0.6 is 0 Å². The molecule has 0 saturated carbocycles. The maximum Gasteiger partial charge on any atom is 0.329 e. The third kappa shape index (κ3) is 3.60. The van der Waals surface area contributed by atoms with Crippen LogP contribution in [0.3, 0.4) is 0 Å². The molecule has 0 bridgehead atoms. The van der Waals surface area contributed by atoms with E-state index in [-0.39, 0.29) is 23.7 Å². The molecule has 7 nitrogen and oxygen atoms in total. The van der Waals surface area contributed by atoms with Gasteiger partial charge in [0.1, 0.15) is 6.04 Å². The minimum Gasteiger partial charge on any atom is -0.454 e. The fraction of sp³-hybridized carbons (Fsp3) is 0.625. The summed E-state index contributed by atoms with van der Waals surface area (Å²) in [5.41, 5.74) is 0. The summed E-state index contributed by atoms with van der Waals surface area (Å²) in [5.74, 6) is -2.56. The zero-order chi connectivity index (χ0) is 17.0. The van der Waals surface area contributed by atoms with Crippen molar-refractivity contribution in [3.63, 3.8) is 0 Å². The molecule has 0 spiro atoms. The van der Waals surface area contributed by atoms with Crippen LogP contribution in [0.25, 0.3) is 0 Å². The number of hydrogen-bond donors (Lipinski definition) is 1. The number of ether oxygens (including phenoxy) is 1. The van der Waals surface area contributed by atoms with Crippen molar-refractivity contribution in [3.05, 3.63) is 12.2 Å². The van der Waals surface area contributed by atoms with E-state index in [1.54, 1.807) is 0 Å². The van der Waals surface area contributed by atoms with E-state index in [2.05, 4.69) is 5.32 Å². The second-order valence-electron chi connectivity index (χ2n) is 5.84. The molecule has 0 aromatic heterocycles. The lowest BCUT2D eigenvalue weighted by molar-refractivity contribution is -0.159. The summed E-state index contributed by atoms with van der Waals surface area (Å²) in [4.78, 5) is 49.2. The third-order valence-electron chi connectivity index (χ3n) is 4.19. The number of likely N-dealkylation sites (tertiary alicyclic amines) is 1. The molecule has 0 radical (unpaired) electrons. The summed E-state index contributed by atoms with van der Waals surface area (Å²) in [6.45, 7) is 3.46. The molecule has 1 aliphatic heterocycles. The molecule has 23 heavy (non-hydrogen) atoms. The Morgan fingerprint density at radius 2 is 1.83 bits per heavy atom. The Morgan fingerprint density at radius 3 is 2.35 bits per heavy atom. The van der Waals surface area contributed by atoms with E-state index in [4.69, 9.17) is 4.74 Å². The predicted octanol–water partition coefficient (Wildman–Crippen LogP) is 0.395. The number of esters is 1. The summed E-state index contributed by atoms with van der Waals surface area (Å²) in [5, 5.41) is 2.58. The first-order valence-electron chi connectivity index (χ1n) is 7.92. The highest BCUT2D eigenvalue weighted by molar-refractivity contribution is 6.08. The molecule has 2 rings (SSSR count). The van der Waals surface area contributed by atoms with Crippen LogP contribution in [0.5, 0.6) is 0 Å². The number of allylic oxidation sites excluding steroid dienone is 2. The third-order valence-corrected chi connectivity index (χ3v) is 4.19. The molecule has 3 atom stereocenters. The number of hydrogen-bond acceptors (Lipinski definition) is 5. The molecule has 3 amide bonds. The van der Waals surface area contributed by atoms with Gasteiger partial charge in [-0.15, -0.1) is 0 Å². The number of nitrogens with zero attached hydrogens (tertiary/aromatic N) is 1. The number of carbonyl (C=O) groups excluding carboxylic acids is 4. The van der Waals surface area contributed by atoms with E-state index in [0.29, 0.717) is 19.4 Å². The lowest BCUT2D eigenvalue weighted by Gasteiger charge is -2.21. The minimum atomic E-state index is -1.01. The molecule has 1 heterocycles. The van der Waals surface area contributed by atoms with Crippen molar-refractivity contribution in [3.8, 4) is 0 Å². The fourth-order valence-corrected chi connectivity index (χ4v) is 2.89. The van der Waals surface area contributed by atoms with Crippen LogP contribution in [-0.2, 0) is 23.9 Å². The topological polar surface area (TPSA) is 92.8 Å². The first-order valence-corrected chi connectivity index (χ1v) is 7.92. The largest absolute Gasteiger partial charge is 0.454 e. The monoisotopic (exact) mass is 322 g/mol. The lowest BCUT2D eigenvalue weighted by atomic mass is 9.85. The maximum atomic E-state index is 12.4. The molecule has 1 fully saturated rings. The van der Waals surface area contributed by atoms with Crippen molar-refractivity contribution in [2.75, 3.05) is 13.2 Å². The highest BCUT2D eigenvalue weighted by Crippen LogP contribution is 2.36. The van der Waals surface area contributed by atoms with Gasteiger partial charge in [0.15, 0.2) is 6.61 Å². The second-order valence-corrected chi connectivity index (χ2v) is 5.84. The molecule has 0 aromatic rings. The van der Waals surface area contributed by atoms with Crippen LogP contribution in [0.4, 0.5) is 0 Å². The van der Waals surface area contributed by atoms with E-state index in [1.807, 2.05) is 19.1 Å². The van der Waals surface area contributed by atoms with Gasteiger partial charge in [-0.05, 0) is 26.2 Å². The van der Waals surface area contributed by atoms with E-state index >= 15 is 0 Å². The Morgan fingerprint density at radius 1 is 1.26 bits per heavy atom. The molecule has 1 saturated heterocycles. The highest BCUT2D eigenvalue weighted by Gasteiger charge is 2.50. The van der Waals surface area contributed by atoms with Crippen molar-refractivity contribution in [2.45, 2.75) is 39.2 Å². The maximum absolute atomic E-state index is 12.4. The molecule has 0 unspecified atom stereocenters. The highest BCUT2D eigenvalue weighted by atomic mass is 16.5. The van der Waals surface area contributed by atoms with Gasteiger partial charge < -0.3 is 10.1 Å². The van der Waals surface area contributed by atoms with E-state index in [1.165, 1.54) is 6.92 Å². The van der Waals surface area contributed by atoms with Gasteiger partial charge in [0.25, 0.3) is 5.91 Å². The van der Waals surface area contributed by atoms with Crippen LogP contribution in [0.15, 0.2) is 12.2 Å². The number of carbonyl (C=O) groups is 4. The van der Waals surface area contributed by atoms with Crippen LogP contribution in [0.2, 0.25) is 0 Å². The summed E-state index contributed by atoms with van der Waals surface area (Å²) < 4.78 is 4.91. The molecule has 0 aromatic carbocycles. The molecule has 126 valence electrons. The van der Waals surface area contributed by atoms with Gasteiger partial charge >= 0.3 is 5.97 Å². The fourth-order valence-electron chi connectivity index (χ4n) is 2.89. The number of nitrogens with one attached hydrogen (secondary N) is 1. The second kappa shape index (κ2) is 7.39. The van der Waals surface area contributed by atoms with Crippen LogP contribution < -0.4 is 5.32 Å². The Kier molecular flexibility index (Phi) is 5.52. The van der Waals surface area contributed by atoms with Crippen LogP contribution in [-0.4, -0.2) is 47.8 Å². The molecular weight excluding hydrogens is 300 g/mol. The smallest absolute Gasteiger partial charge is 0.329 e. The zero-order valence-electron chi connectivity index (χ0n) is 13.4. The van der Waals surface area contributed by atoms with Crippen LogP contribution in [0.1, 0.15) is 33.1 Å². The Bertz CT molecular complexity index is 517. The quantitative estimate of drug-likeness (QED) is 0.434. The van der Waals surface area contributed by atoms with Crippen molar-refractivity contribution in [1.29, 1.82) is 0 Å². The average Bonchev–Trinajstić information content (AvgIpc) is 2.81. The van der Waals surface area contributed by atoms with E-state index < -0.39 is 24.5 Å². The number of imide groups is 1. The SMILES string of the molecule is CCCNC(=O)COC(=O)[C@H](C)N1C(=O)[C@H]2CC=CC[C@H]2C1=O. The molecular formula is C16H22N2O5. The average molecular weight is 322 g/mol. The van der Waals surface area contributed by atoms with Gasteiger partial charge in [0.2, 0.25) is 11.8 Å². The Labute approximate surface area is 135 Å². The lowest BCUT2D eigenvalue weighted by Crippen LogP contribution is -2.45. The molecule has 7 heteroatoms. The summed E-state index contributed by atoms with van der Waals surface area (Å²) in [6.07, 6.45) is 5.59. The number of amides is 3. The van der Waals surface area contributed by atoms with Crippen molar-refractivity contribution >= 4 is 23.7 Å². The summed E-state index contributed by atoms with van der Waals surface area (Å²) >= 11 is 0.